The predicted octanol–water partition coefficient (Wildman–Crippen LogP) is 4.93. The van der Waals surface area contributed by atoms with Crippen LogP contribution in [0.2, 0.25) is 0 Å². The minimum absolute atomic E-state index is 0.959. The molecule has 0 aromatic heterocycles. The summed E-state index contributed by atoms with van der Waals surface area (Å²) in [5, 5.41) is 5.93. The molecule has 0 saturated carbocycles. The maximum absolute atomic E-state index is 4.87. The van der Waals surface area contributed by atoms with Gasteiger partial charge in [0.15, 0.2) is 0 Å². The molecular weight excluding hydrogens is 256 g/mol. The molecule has 21 heavy (non-hydrogen) atoms. The van der Waals surface area contributed by atoms with Gasteiger partial charge in [-0.15, -0.1) is 0 Å². The first kappa shape index (κ1) is 12.2. The third-order valence-corrected chi connectivity index (χ3v) is 3.92. The Hall–Kier alpha value is -2.61. The Labute approximate surface area is 124 Å². The molecule has 2 nitrogen and oxygen atoms in total. The fourth-order valence-corrected chi connectivity index (χ4v) is 2.86. The smallest absolute Gasteiger partial charge is 0.107 e. The van der Waals surface area contributed by atoms with Crippen LogP contribution < -0.4 is 5.32 Å². The van der Waals surface area contributed by atoms with Crippen molar-refractivity contribution in [3.8, 4) is 0 Å². The average molecular weight is 272 g/mol. The van der Waals surface area contributed by atoms with Crippen LogP contribution in [0.5, 0.6) is 0 Å². The minimum Gasteiger partial charge on any atom is -0.344 e. The molecule has 2 heteroatoms. The Morgan fingerprint density at radius 3 is 2.48 bits per heavy atom. The summed E-state index contributed by atoms with van der Waals surface area (Å²) in [5.41, 5.74) is 3.56. The molecule has 4 rings (SSSR count). The number of para-hydroxylation sites is 1. The van der Waals surface area contributed by atoms with Crippen molar-refractivity contribution in [3.63, 3.8) is 0 Å². The van der Waals surface area contributed by atoms with Crippen LogP contribution in [0.4, 0.5) is 11.4 Å². The van der Waals surface area contributed by atoms with E-state index in [0.29, 0.717) is 0 Å². The highest BCUT2D eigenvalue weighted by Gasteiger charge is 2.14. The molecule has 0 atom stereocenters. The van der Waals surface area contributed by atoms with Crippen LogP contribution >= 0.6 is 0 Å². The van der Waals surface area contributed by atoms with Gasteiger partial charge in [0.1, 0.15) is 5.84 Å². The molecule has 0 radical (unpaired) electrons. The Morgan fingerprint density at radius 1 is 0.762 bits per heavy atom. The number of aryl methyl sites for hydroxylation is 1. The van der Waals surface area contributed by atoms with Crippen LogP contribution in [-0.4, -0.2) is 5.84 Å². The van der Waals surface area contributed by atoms with Crippen molar-refractivity contribution in [1.29, 1.82) is 0 Å². The SMILES string of the molecule is c1ccc(NC2=Nc3c(ccc4ccccc34)CC2)cc1. The van der Waals surface area contributed by atoms with E-state index in [1.54, 1.807) is 0 Å². The van der Waals surface area contributed by atoms with Crippen LogP contribution in [0, 0.1) is 0 Å². The highest BCUT2D eigenvalue weighted by atomic mass is 15.0. The van der Waals surface area contributed by atoms with Gasteiger partial charge in [-0.2, -0.15) is 0 Å². The lowest BCUT2D eigenvalue weighted by Crippen LogP contribution is -2.15. The standard InChI is InChI=1S/C19H16N2/c1-2-7-16(8-3-1)20-18-13-12-15-11-10-14-6-4-5-9-17(14)19(15)21-18/h1-11H,12-13H2,(H,20,21). The van der Waals surface area contributed by atoms with E-state index in [1.165, 1.54) is 16.3 Å². The molecule has 0 spiro atoms. The molecule has 102 valence electrons. The highest BCUT2D eigenvalue weighted by Crippen LogP contribution is 2.34. The summed E-state index contributed by atoms with van der Waals surface area (Å²) in [6, 6.07) is 23.1. The minimum atomic E-state index is 0.959. The van der Waals surface area contributed by atoms with Gasteiger partial charge in [0.25, 0.3) is 0 Å². The zero-order valence-electron chi connectivity index (χ0n) is 11.7. The number of fused-ring (bicyclic) bond motifs is 3. The molecule has 0 amide bonds. The molecular formula is C19H16N2. The lowest BCUT2D eigenvalue weighted by atomic mass is 9.98. The molecule has 0 unspecified atom stereocenters. The molecule has 1 heterocycles. The second-order valence-electron chi connectivity index (χ2n) is 5.34. The van der Waals surface area contributed by atoms with Crippen molar-refractivity contribution in [2.45, 2.75) is 12.8 Å². The number of hydrogen-bond donors (Lipinski definition) is 1. The molecule has 0 aliphatic carbocycles. The fraction of sp³-hybridized carbons (Fsp3) is 0.105. The maximum atomic E-state index is 4.87. The Balaban J connectivity index is 1.77. The molecule has 1 N–H and O–H groups in total. The van der Waals surface area contributed by atoms with Gasteiger partial charge in [0, 0.05) is 17.5 Å². The number of nitrogens with zero attached hydrogens (tertiary/aromatic N) is 1. The Kier molecular flexibility index (Phi) is 2.93. The van der Waals surface area contributed by atoms with Gasteiger partial charge in [-0.1, -0.05) is 54.6 Å². The quantitative estimate of drug-likeness (QED) is 0.667. The topological polar surface area (TPSA) is 24.4 Å². The normalized spacial score (nSPS) is 13.6. The zero-order chi connectivity index (χ0) is 14.1. The summed E-state index contributed by atoms with van der Waals surface area (Å²) in [4.78, 5) is 4.87. The molecule has 0 bridgehead atoms. The largest absolute Gasteiger partial charge is 0.344 e. The average Bonchev–Trinajstić information content (AvgIpc) is 2.56. The van der Waals surface area contributed by atoms with Crippen LogP contribution in [-0.2, 0) is 6.42 Å². The van der Waals surface area contributed by atoms with Crippen LogP contribution in [0.25, 0.3) is 10.8 Å². The predicted molar refractivity (Wildman–Crippen MR) is 89.4 cm³/mol. The van der Waals surface area contributed by atoms with E-state index >= 15 is 0 Å². The molecule has 1 aliphatic rings. The number of amidine groups is 1. The van der Waals surface area contributed by atoms with Crippen LogP contribution in [0.1, 0.15) is 12.0 Å². The van der Waals surface area contributed by atoms with Crippen molar-refractivity contribution in [2.75, 3.05) is 5.32 Å². The summed E-state index contributed by atoms with van der Waals surface area (Å²) in [7, 11) is 0. The van der Waals surface area contributed by atoms with Gasteiger partial charge in [-0.05, 0) is 29.5 Å². The van der Waals surface area contributed by atoms with E-state index in [9.17, 15) is 0 Å². The molecule has 1 aliphatic heterocycles. The first-order valence-corrected chi connectivity index (χ1v) is 7.30. The lowest BCUT2D eigenvalue weighted by Gasteiger charge is -2.18. The van der Waals surface area contributed by atoms with Gasteiger partial charge >= 0.3 is 0 Å². The van der Waals surface area contributed by atoms with Gasteiger partial charge in [-0.25, -0.2) is 4.99 Å². The van der Waals surface area contributed by atoms with E-state index in [-0.39, 0.29) is 0 Å². The van der Waals surface area contributed by atoms with Crippen molar-refractivity contribution < 1.29 is 0 Å². The number of hydrogen-bond acceptors (Lipinski definition) is 2. The van der Waals surface area contributed by atoms with Crippen LogP contribution in [0.15, 0.2) is 71.7 Å². The van der Waals surface area contributed by atoms with Crippen molar-refractivity contribution in [2.24, 2.45) is 4.99 Å². The summed E-state index contributed by atoms with van der Waals surface area (Å²) >= 11 is 0. The molecule has 0 saturated heterocycles. The molecule has 3 aromatic carbocycles. The summed E-state index contributed by atoms with van der Waals surface area (Å²) in [6.45, 7) is 0. The van der Waals surface area contributed by atoms with Crippen molar-refractivity contribution >= 4 is 28.0 Å². The number of rotatable bonds is 1. The van der Waals surface area contributed by atoms with E-state index in [0.717, 1.165) is 30.1 Å². The van der Waals surface area contributed by atoms with Gasteiger partial charge in [0.05, 0.1) is 5.69 Å². The highest BCUT2D eigenvalue weighted by molar-refractivity contribution is 6.03. The first-order chi connectivity index (χ1) is 10.4. The van der Waals surface area contributed by atoms with E-state index in [2.05, 4.69) is 53.8 Å². The number of aliphatic imine (C=N–C) groups is 1. The van der Waals surface area contributed by atoms with E-state index in [4.69, 9.17) is 4.99 Å². The summed E-state index contributed by atoms with van der Waals surface area (Å²) in [5.74, 6) is 1.05. The summed E-state index contributed by atoms with van der Waals surface area (Å²) in [6.07, 6.45) is 2.00. The lowest BCUT2D eigenvalue weighted by molar-refractivity contribution is 1.01. The fourth-order valence-electron chi connectivity index (χ4n) is 2.86. The van der Waals surface area contributed by atoms with Crippen molar-refractivity contribution in [3.05, 3.63) is 72.3 Å². The molecule has 3 aromatic rings. The zero-order valence-corrected chi connectivity index (χ0v) is 11.7. The second kappa shape index (κ2) is 5.06. The Morgan fingerprint density at radius 2 is 1.57 bits per heavy atom. The molecule has 0 fully saturated rings. The first-order valence-electron chi connectivity index (χ1n) is 7.30. The number of nitrogens with one attached hydrogen (secondary N) is 1. The second-order valence-corrected chi connectivity index (χ2v) is 5.34. The Bertz CT molecular complexity index is 819. The monoisotopic (exact) mass is 272 g/mol. The number of benzene rings is 3. The van der Waals surface area contributed by atoms with Gasteiger partial charge < -0.3 is 5.32 Å². The third kappa shape index (κ3) is 2.29. The van der Waals surface area contributed by atoms with Gasteiger partial charge in [0.2, 0.25) is 0 Å². The van der Waals surface area contributed by atoms with Gasteiger partial charge in [-0.3, -0.25) is 0 Å². The van der Waals surface area contributed by atoms with Crippen LogP contribution in [0.3, 0.4) is 0 Å². The van der Waals surface area contributed by atoms with E-state index < -0.39 is 0 Å². The van der Waals surface area contributed by atoms with E-state index in [1.807, 2.05) is 18.2 Å². The third-order valence-electron chi connectivity index (χ3n) is 3.92. The summed E-state index contributed by atoms with van der Waals surface area (Å²) < 4.78 is 0. The number of anilines is 1. The maximum Gasteiger partial charge on any atom is 0.107 e. The van der Waals surface area contributed by atoms with Crippen molar-refractivity contribution in [1.82, 2.24) is 0 Å².